The van der Waals surface area contributed by atoms with Crippen LogP contribution in [0.4, 0.5) is 11.4 Å². The van der Waals surface area contributed by atoms with Crippen molar-refractivity contribution in [3.05, 3.63) is 24.3 Å². The Morgan fingerprint density at radius 2 is 2.05 bits per heavy atom. The fraction of sp³-hybridized carbons (Fsp3) is 0.400. The molecule has 2 N–H and O–H groups in total. The molecule has 0 aliphatic carbocycles. The van der Waals surface area contributed by atoms with Crippen molar-refractivity contribution in [3.63, 3.8) is 0 Å². The number of anilines is 2. The molecule has 110 valence electrons. The first-order valence-electron chi connectivity index (χ1n) is 7.15. The first-order chi connectivity index (χ1) is 10.1. The van der Waals surface area contributed by atoms with Crippen molar-refractivity contribution < 1.29 is 14.4 Å². The molecular weight excluding hydrogens is 270 g/mol. The second-order valence-corrected chi connectivity index (χ2v) is 5.31. The van der Waals surface area contributed by atoms with Gasteiger partial charge in [0.1, 0.15) is 6.04 Å². The molecule has 1 aromatic rings. The van der Waals surface area contributed by atoms with Gasteiger partial charge in [0.05, 0.1) is 11.4 Å². The van der Waals surface area contributed by atoms with Gasteiger partial charge in [-0.2, -0.15) is 0 Å². The Morgan fingerprint density at radius 3 is 2.71 bits per heavy atom. The van der Waals surface area contributed by atoms with Gasteiger partial charge in [-0.1, -0.05) is 12.1 Å². The van der Waals surface area contributed by atoms with Crippen LogP contribution in [0.25, 0.3) is 0 Å². The molecule has 21 heavy (non-hydrogen) atoms. The molecule has 0 spiro atoms. The largest absolute Gasteiger partial charge is 0.344 e. The van der Waals surface area contributed by atoms with Gasteiger partial charge in [-0.3, -0.25) is 14.4 Å². The lowest BCUT2D eigenvalue weighted by molar-refractivity contribution is -0.122. The van der Waals surface area contributed by atoms with Crippen molar-refractivity contribution in [2.75, 3.05) is 16.8 Å². The molecule has 0 bridgehead atoms. The van der Waals surface area contributed by atoms with Crippen LogP contribution in [0.2, 0.25) is 0 Å². The van der Waals surface area contributed by atoms with E-state index < -0.39 is 6.04 Å². The minimum atomic E-state index is -0.486. The summed E-state index contributed by atoms with van der Waals surface area (Å²) in [7, 11) is 0. The van der Waals surface area contributed by atoms with E-state index in [0.29, 0.717) is 31.5 Å². The second kappa shape index (κ2) is 5.55. The standard InChI is InChI=1S/C15H17N3O3/c19-13-8-7-11(16-13)15(21)17-10-4-1-2-5-12(10)18-9-3-6-14(18)20/h1-2,4-5,11H,3,6-9H2,(H,16,19)(H,17,21). The van der Waals surface area contributed by atoms with E-state index in [2.05, 4.69) is 10.6 Å². The average Bonchev–Trinajstić information content (AvgIpc) is 3.08. The smallest absolute Gasteiger partial charge is 0.247 e. The Morgan fingerprint density at radius 1 is 1.24 bits per heavy atom. The molecule has 2 aliphatic rings. The zero-order valence-corrected chi connectivity index (χ0v) is 11.6. The molecule has 2 saturated heterocycles. The Labute approximate surface area is 122 Å². The second-order valence-electron chi connectivity index (χ2n) is 5.31. The third kappa shape index (κ3) is 2.74. The van der Waals surface area contributed by atoms with Crippen molar-refractivity contribution in [2.45, 2.75) is 31.7 Å². The van der Waals surface area contributed by atoms with Crippen molar-refractivity contribution >= 4 is 29.1 Å². The monoisotopic (exact) mass is 287 g/mol. The van der Waals surface area contributed by atoms with Crippen molar-refractivity contribution in [3.8, 4) is 0 Å². The highest BCUT2D eigenvalue weighted by atomic mass is 16.2. The summed E-state index contributed by atoms with van der Waals surface area (Å²) in [6, 6.07) is 6.77. The molecule has 3 amide bonds. The first kappa shape index (κ1) is 13.6. The molecule has 0 saturated carbocycles. The van der Waals surface area contributed by atoms with Crippen LogP contribution in [-0.2, 0) is 14.4 Å². The van der Waals surface area contributed by atoms with E-state index in [0.717, 1.165) is 12.1 Å². The van der Waals surface area contributed by atoms with Gasteiger partial charge in [-0.05, 0) is 25.0 Å². The topological polar surface area (TPSA) is 78.5 Å². The molecule has 3 rings (SSSR count). The molecule has 0 aromatic heterocycles. The van der Waals surface area contributed by atoms with Crippen LogP contribution in [0.5, 0.6) is 0 Å². The fourth-order valence-electron chi connectivity index (χ4n) is 2.75. The summed E-state index contributed by atoms with van der Waals surface area (Å²) in [4.78, 5) is 36.9. The summed E-state index contributed by atoms with van der Waals surface area (Å²) in [5.74, 6) is -0.260. The van der Waals surface area contributed by atoms with Gasteiger partial charge in [0.2, 0.25) is 17.7 Å². The zero-order chi connectivity index (χ0) is 14.8. The SMILES string of the molecule is O=C1CCC(C(=O)Nc2ccccc2N2CCCC2=O)N1. The molecule has 2 aliphatic heterocycles. The average molecular weight is 287 g/mol. The van der Waals surface area contributed by atoms with Crippen LogP contribution >= 0.6 is 0 Å². The zero-order valence-electron chi connectivity index (χ0n) is 11.6. The number of carbonyl (C=O) groups excluding carboxylic acids is 3. The highest BCUT2D eigenvalue weighted by Crippen LogP contribution is 2.29. The van der Waals surface area contributed by atoms with E-state index in [-0.39, 0.29) is 17.7 Å². The minimum absolute atomic E-state index is 0.0749. The normalized spacial score (nSPS) is 21.5. The number of benzene rings is 1. The van der Waals surface area contributed by atoms with Gasteiger partial charge in [-0.15, -0.1) is 0 Å². The predicted molar refractivity (Wildman–Crippen MR) is 77.8 cm³/mol. The first-order valence-corrected chi connectivity index (χ1v) is 7.15. The molecule has 1 aromatic carbocycles. The lowest BCUT2D eigenvalue weighted by atomic mass is 10.2. The van der Waals surface area contributed by atoms with E-state index in [9.17, 15) is 14.4 Å². The van der Waals surface area contributed by atoms with Gasteiger partial charge in [-0.25, -0.2) is 0 Å². The molecule has 2 heterocycles. The van der Waals surface area contributed by atoms with Crippen molar-refractivity contribution in [2.24, 2.45) is 0 Å². The quantitative estimate of drug-likeness (QED) is 0.871. The van der Waals surface area contributed by atoms with Crippen molar-refractivity contribution in [1.29, 1.82) is 0 Å². The summed E-state index contributed by atoms with van der Waals surface area (Å²) in [6.45, 7) is 0.673. The number of rotatable bonds is 3. The number of hydrogen-bond donors (Lipinski definition) is 2. The van der Waals surface area contributed by atoms with Crippen LogP contribution in [-0.4, -0.2) is 30.3 Å². The Hall–Kier alpha value is -2.37. The number of carbonyl (C=O) groups is 3. The number of amides is 3. The van der Waals surface area contributed by atoms with E-state index >= 15 is 0 Å². The van der Waals surface area contributed by atoms with Crippen molar-refractivity contribution in [1.82, 2.24) is 5.32 Å². The molecular formula is C15H17N3O3. The molecule has 0 radical (unpaired) electrons. The number of para-hydroxylation sites is 2. The molecule has 6 nitrogen and oxygen atoms in total. The predicted octanol–water partition coefficient (Wildman–Crippen LogP) is 1.03. The molecule has 2 fully saturated rings. The number of hydrogen-bond acceptors (Lipinski definition) is 3. The van der Waals surface area contributed by atoms with E-state index in [1.54, 1.807) is 11.0 Å². The Balaban J connectivity index is 1.77. The summed E-state index contributed by atoms with van der Waals surface area (Å²) < 4.78 is 0. The van der Waals surface area contributed by atoms with Gasteiger partial charge in [0.25, 0.3) is 0 Å². The van der Waals surface area contributed by atoms with Crippen LogP contribution in [0.3, 0.4) is 0 Å². The summed E-state index contributed by atoms with van der Waals surface area (Å²) in [5.41, 5.74) is 1.33. The van der Waals surface area contributed by atoms with E-state index in [1.807, 2.05) is 18.2 Å². The van der Waals surface area contributed by atoms with Gasteiger partial charge in [0.15, 0.2) is 0 Å². The maximum absolute atomic E-state index is 12.2. The summed E-state index contributed by atoms with van der Waals surface area (Å²) >= 11 is 0. The number of nitrogens with zero attached hydrogens (tertiary/aromatic N) is 1. The number of nitrogens with one attached hydrogen (secondary N) is 2. The highest BCUT2D eigenvalue weighted by molar-refractivity contribution is 6.04. The Kier molecular flexibility index (Phi) is 3.60. The highest BCUT2D eigenvalue weighted by Gasteiger charge is 2.29. The summed E-state index contributed by atoms with van der Waals surface area (Å²) in [6.07, 6.45) is 2.26. The third-order valence-corrected chi connectivity index (χ3v) is 3.84. The summed E-state index contributed by atoms with van der Waals surface area (Å²) in [5, 5.41) is 5.46. The van der Waals surface area contributed by atoms with E-state index in [4.69, 9.17) is 0 Å². The lowest BCUT2D eigenvalue weighted by Gasteiger charge is -2.20. The molecule has 1 unspecified atom stereocenters. The molecule has 6 heteroatoms. The van der Waals surface area contributed by atoms with Crippen LogP contribution in [0.15, 0.2) is 24.3 Å². The van der Waals surface area contributed by atoms with Gasteiger partial charge >= 0.3 is 0 Å². The Bertz CT molecular complexity index is 600. The van der Waals surface area contributed by atoms with Gasteiger partial charge in [0, 0.05) is 19.4 Å². The molecule has 1 atom stereocenters. The third-order valence-electron chi connectivity index (χ3n) is 3.84. The van der Waals surface area contributed by atoms with Crippen LogP contribution in [0.1, 0.15) is 25.7 Å². The van der Waals surface area contributed by atoms with Gasteiger partial charge < -0.3 is 15.5 Å². The lowest BCUT2D eigenvalue weighted by Crippen LogP contribution is -2.37. The fourth-order valence-corrected chi connectivity index (χ4v) is 2.75. The van der Waals surface area contributed by atoms with E-state index in [1.165, 1.54) is 0 Å². The van der Waals surface area contributed by atoms with Crippen LogP contribution < -0.4 is 15.5 Å². The minimum Gasteiger partial charge on any atom is -0.344 e. The maximum Gasteiger partial charge on any atom is 0.247 e. The van der Waals surface area contributed by atoms with Crippen LogP contribution in [0, 0.1) is 0 Å². The maximum atomic E-state index is 12.2.